The summed E-state index contributed by atoms with van der Waals surface area (Å²) in [4.78, 5) is 12.6. The van der Waals surface area contributed by atoms with E-state index in [0.717, 1.165) is 12.8 Å². The molecule has 1 nitrogen and oxygen atoms in total. The molecule has 2 atom stereocenters. The van der Waals surface area contributed by atoms with E-state index in [0.29, 0.717) is 21.6 Å². The predicted molar refractivity (Wildman–Crippen MR) is 77.2 cm³/mol. The van der Waals surface area contributed by atoms with Crippen LogP contribution >= 0.6 is 11.8 Å². The fourth-order valence-corrected chi connectivity index (χ4v) is 5.17. The molecule has 1 aromatic carbocycles. The molecule has 19 heavy (non-hydrogen) atoms. The van der Waals surface area contributed by atoms with Gasteiger partial charge in [0.1, 0.15) is 5.82 Å². The topological polar surface area (TPSA) is 17.1 Å². The van der Waals surface area contributed by atoms with Crippen LogP contribution in [-0.2, 0) is 0 Å². The van der Waals surface area contributed by atoms with Crippen LogP contribution < -0.4 is 0 Å². The van der Waals surface area contributed by atoms with Gasteiger partial charge in [-0.15, -0.1) is 0 Å². The maximum Gasteiger partial charge on any atom is 0.168 e. The van der Waals surface area contributed by atoms with E-state index >= 15 is 0 Å². The molecule has 0 spiro atoms. The highest BCUT2D eigenvalue weighted by Crippen LogP contribution is 2.44. The molecule has 102 valence electrons. The third-order valence-electron chi connectivity index (χ3n) is 4.36. The van der Waals surface area contributed by atoms with Gasteiger partial charge in [0, 0.05) is 16.4 Å². The molecule has 2 aliphatic rings. The molecule has 0 N–H and O–H groups in total. The zero-order chi connectivity index (χ0) is 13.4. The normalized spacial score (nSPS) is 30.1. The number of carbonyl (C=O) groups excluding carboxylic acids is 1. The molecule has 3 rings (SSSR count). The number of fused-ring (bicyclic) bond motifs is 2. The first kappa shape index (κ1) is 13.2. The molecule has 0 aromatic heterocycles. The fourth-order valence-electron chi connectivity index (χ4n) is 3.33. The average molecular weight is 278 g/mol. The Labute approximate surface area is 118 Å². The minimum atomic E-state index is -0.323. The molecule has 2 unspecified atom stereocenters. The SMILES string of the molecule is Cc1cccc(C(=O)C2CC3CCCC(C2)S3)c1F. The summed E-state index contributed by atoms with van der Waals surface area (Å²) < 4.78 is 14.1. The highest BCUT2D eigenvalue weighted by molar-refractivity contribution is 8.00. The smallest absolute Gasteiger partial charge is 0.168 e. The molecule has 0 saturated carbocycles. The van der Waals surface area contributed by atoms with Gasteiger partial charge in [-0.25, -0.2) is 4.39 Å². The molecule has 2 bridgehead atoms. The quantitative estimate of drug-likeness (QED) is 0.747. The Bertz CT molecular complexity index is 488. The van der Waals surface area contributed by atoms with Gasteiger partial charge in [-0.05, 0) is 44.2 Å². The molecule has 0 radical (unpaired) electrons. The third-order valence-corrected chi connectivity index (χ3v) is 5.99. The second kappa shape index (κ2) is 5.28. The summed E-state index contributed by atoms with van der Waals surface area (Å²) in [6.07, 6.45) is 5.62. The lowest BCUT2D eigenvalue weighted by atomic mass is 9.84. The molecule has 3 heteroatoms. The number of carbonyl (C=O) groups is 1. The van der Waals surface area contributed by atoms with E-state index in [2.05, 4.69) is 11.8 Å². The van der Waals surface area contributed by atoms with Gasteiger partial charge >= 0.3 is 0 Å². The van der Waals surface area contributed by atoms with E-state index in [1.165, 1.54) is 19.3 Å². The molecule has 1 aromatic rings. The van der Waals surface area contributed by atoms with E-state index in [4.69, 9.17) is 0 Å². The van der Waals surface area contributed by atoms with Gasteiger partial charge in [0.25, 0.3) is 0 Å². The number of rotatable bonds is 2. The van der Waals surface area contributed by atoms with Crippen LogP contribution in [0.25, 0.3) is 0 Å². The zero-order valence-electron chi connectivity index (χ0n) is 11.2. The van der Waals surface area contributed by atoms with Crippen molar-refractivity contribution < 1.29 is 9.18 Å². The van der Waals surface area contributed by atoms with Gasteiger partial charge in [0.2, 0.25) is 0 Å². The Hall–Kier alpha value is -0.830. The number of benzene rings is 1. The number of hydrogen-bond acceptors (Lipinski definition) is 2. The van der Waals surface area contributed by atoms with Crippen LogP contribution in [0.4, 0.5) is 4.39 Å². The maximum atomic E-state index is 14.1. The minimum absolute atomic E-state index is 0.0263. The number of Topliss-reactive ketones (excluding diaryl/α,β-unsaturated/α-hetero) is 1. The Kier molecular flexibility index (Phi) is 3.66. The van der Waals surface area contributed by atoms with Gasteiger partial charge in [-0.3, -0.25) is 4.79 Å². The summed E-state index contributed by atoms with van der Waals surface area (Å²) >= 11 is 2.05. The summed E-state index contributed by atoms with van der Waals surface area (Å²) in [6.45, 7) is 1.72. The Morgan fingerprint density at radius 1 is 1.26 bits per heavy atom. The van der Waals surface area contributed by atoms with E-state index in [1.807, 2.05) is 0 Å². The Morgan fingerprint density at radius 2 is 1.95 bits per heavy atom. The van der Waals surface area contributed by atoms with Crippen molar-refractivity contribution >= 4 is 17.5 Å². The molecule has 0 amide bonds. The second-order valence-electron chi connectivity index (χ2n) is 5.78. The van der Waals surface area contributed by atoms with Crippen molar-refractivity contribution in [2.24, 2.45) is 5.92 Å². The van der Waals surface area contributed by atoms with Crippen molar-refractivity contribution in [1.29, 1.82) is 0 Å². The van der Waals surface area contributed by atoms with Gasteiger partial charge < -0.3 is 0 Å². The van der Waals surface area contributed by atoms with Crippen molar-refractivity contribution in [3.05, 3.63) is 35.1 Å². The lowest BCUT2D eigenvalue weighted by Gasteiger charge is -2.38. The lowest BCUT2D eigenvalue weighted by Crippen LogP contribution is -2.33. The Morgan fingerprint density at radius 3 is 2.63 bits per heavy atom. The summed E-state index contributed by atoms with van der Waals surface area (Å²) in [5, 5.41) is 1.24. The largest absolute Gasteiger partial charge is 0.294 e. The molecule has 2 saturated heterocycles. The van der Waals surface area contributed by atoms with Crippen molar-refractivity contribution in [2.75, 3.05) is 0 Å². The number of aryl methyl sites for hydroxylation is 1. The zero-order valence-corrected chi connectivity index (χ0v) is 12.0. The minimum Gasteiger partial charge on any atom is -0.294 e. The van der Waals surface area contributed by atoms with Gasteiger partial charge in [-0.1, -0.05) is 18.6 Å². The number of halogens is 1. The van der Waals surface area contributed by atoms with Crippen molar-refractivity contribution in [2.45, 2.75) is 49.5 Å². The van der Waals surface area contributed by atoms with E-state index < -0.39 is 0 Å². The van der Waals surface area contributed by atoms with Crippen molar-refractivity contribution in [3.63, 3.8) is 0 Å². The fraction of sp³-hybridized carbons (Fsp3) is 0.562. The van der Waals surface area contributed by atoms with Crippen molar-refractivity contribution in [3.8, 4) is 0 Å². The predicted octanol–water partition coefficient (Wildman–Crippen LogP) is 4.38. The average Bonchev–Trinajstić information content (AvgIpc) is 2.41. The summed E-state index contributed by atoms with van der Waals surface area (Å²) in [6, 6.07) is 5.14. The molecule has 2 aliphatic heterocycles. The highest BCUT2D eigenvalue weighted by atomic mass is 32.2. The summed E-state index contributed by atoms with van der Waals surface area (Å²) in [5.74, 6) is -0.262. The van der Waals surface area contributed by atoms with Crippen LogP contribution in [0.2, 0.25) is 0 Å². The summed E-state index contributed by atoms with van der Waals surface area (Å²) in [5.41, 5.74) is 0.867. The molecule has 2 heterocycles. The van der Waals surface area contributed by atoms with E-state index in [9.17, 15) is 9.18 Å². The number of ketones is 1. The monoisotopic (exact) mass is 278 g/mol. The third kappa shape index (κ3) is 2.58. The first-order valence-corrected chi connectivity index (χ1v) is 8.04. The van der Waals surface area contributed by atoms with Crippen LogP contribution in [0, 0.1) is 18.7 Å². The lowest BCUT2D eigenvalue weighted by molar-refractivity contribution is 0.0892. The standard InChI is InChI=1S/C16H19FOS/c1-10-4-2-7-14(15(10)17)16(18)11-8-12-5-3-6-13(9-11)19-12/h2,4,7,11-13H,3,5-6,8-9H2,1H3. The molecule has 0 aliphatic carbocycles. The maximum absolute atomic E-state index is 14.1. The first-order chi connectivity index (χ1) is 9.15. The van der Waals surface area contributed by atoms with Gasteiger partial charge in [0.05, 0.1) is 5.56 Å². The van der Waals surface area contributed by atoms with Crippen LogP contribution in [0.15, 0.2) is 18.2 Å². The van der Waals surface area contributed by atoms with Crippen LogP contribution in [-0.4, -0.2) is 16.3 Å². The second-order valence-corrected chi connectivity index (χ2v) is 7.39. The number of hydrogen-bond donors (Lipinski definition) is 0. The summed E-state index contributed by atoms with van der Waals surface area (Å²) in [7, 11) is 0. The number of thioether (sulfide) groups is 1. The molecular formula is C16H19FOS. The van der Waals surface area contributed by atoms with Gasteiger partial charge in [-0.2, -0.15) is 11.8 Å². The first-order valence-electron chi connectivity index (χ1n) is 7.10. The van der Waals surface area contributed by atoms with E-state index in [-0.39, 0.29) is 17.5 Å². The van der Waals surface area contributed by atoms with E-state index in [1.54, 1.807) is 25.1 Å². The van der Waals surface area contributed by atoms with Crippen LogP contribution in [0.3, 0.4) is 0 Å². The van der Waals surface area contributed by atoms with Crippen LogP contribution in [0.1, 0.15) is 48.0 Å². The van der Waals surface area contributed by atoms with Crippen LogP contribution in [0.5, 0.6) is 0 Å². The molecule has 2 fully saturated rings. The molecular weight excluding hydrogens is 259 g/mol. The van der Waals surface area contributed by atoms with Crippen molar-refractivity contribution in [1.82, 2.24) is 0 Å². The highest BCUT2D eigenvalue weighted by Gasteiger charge is 2.36. The van der Waals surface area contributed by atoms with Gasteiger partial charge in [0.15, 0.2) is 5.78 Å². The Balaban J connectivity index is 1.82.